The summed E-state index contributed by atoms with van der Waals surface area (Å²) in [5, 5.41) is 11.6. The number of hydrogen-bond acceptors (Lipinski definition) is 5. The van der Waals surface area contributed by atoms with Gasteiger partial charge in [0.1, 0.15) is 5.82 Å². The SMILES string of the molecule is CC(Nc1ccc(NS(=O)(=O)c2ccc(Cl)cc2)nn1)c1ccccc1. The monoisotopic (exact) mass is 388 g/mol. The summed E-state index contributed by atoms with van der Waals surface area (Å²) >= 11 is 5.78. The highest BCUT2D eigenvalue weighted by molar-refractivity contribution is 7.92. The number of rotatable bonds is 6. The maximum Gasteiger partial charge on any atom is 0.263 e. The van der Waals surface area contributed by atoms with Gasteiger partial charge in [-0.15, -0.1) is 10.2 Å². The Balaban J connectivity index is 1.68. The summed E-state index contributed by atoms with van der Waals surface area (Å²) in [6.07, 6.45) is 0. The van der Waals surface area contributed by atoms with E-state index in [4.69, 9.17) is 11.6 Å². The Labute approximate surface area is 157 Å². The molecule has 0 aliphatic carbocycles. The molecule has 0 radical (unpaired) electrons. The number of nitrogens with zero attached hydrogens (tertiary/aromatic N) is 2. The summed E-state index contributed by atoms with van der Waals surface area (Å²) in [5.74, 6) is 0.689. The first-order valence-electron chi connectivity index (χ1n) is 7.88. The van der Waals surface area contributed by atoms with E-state index in [-0.39, 0.29) is 16.8 Å². The summed E-state index contributed by atoms with van der Waals surface area (Å²) < 4.78 is 27.0. The lowest BCUT2D eigenvalue weighted by atomic mass is 10.1. The average Bonchev–Trinajstić information content (AvgIpc) is 2.64. The third-order valence-corrected chi connectivity index (χ3v) is 5.31. The molecule has 0 amide bonds. The number of sulfonamides is 1. The van der Waals surface area contributed by atoms with Crippen LogP contribution in [0.3, 0.4) is 0 Å². The zero-order valence-electron chi connectivity index (χ0n) is 13.9. The van der Waals surface area contributed by atoms with E-state index in [1.807, 2.05) is 37.3 Å². The Morgan fingerprint density at radius 1 is 0.885 bits per heavy atom. The summed E-state index contributed by atoms with van der Waals surface area (Å²) in [5.41, 5.74) is 1.11. The van der Waals surface area contributed by atoms with Gasteiger partial charge in [-0.3, -0.25) is 4.72 Å². The minimum absolute atomic E-state index is 0.0436. The second kappa shape index (κ2) is 7.72. The lowest BCUT2D eigenvalue weighted by molar-refractivity contribution is 0.601. The fraction of sp³-hybridized carbons (Fsp3) is 0.111. The van der Waals surface area contributed by atoms with Crippen molar-refractivity contribution in [1.29, 1.82) is 0 Å². The minimum atomic E-state index is -3.74. The van der Waals surface area contributed by atoms with E-state index in [1.165, 1.54) is 24.3 Å². The van der Waals surface area contributed by atoms with Crippen LogP contribution in [0, 0.1) is 0 Å². The van der Waals surface area contributed by atoms with Crippen molar-refractivity contribution < 1.29 is 8.42 Å². The van der Waals surface area contributed by atoms with Crippen LogP contribution in [-0.4, -0.2) is 18.6 Å². The standard InChI is InChI=1S/C18H17ClN4O2S/c1-13(14-5-3-2-4-6-14)20-17-11-12-18(22-21-17)23-26(24,25)16-9-7-15(19)8-10-16/h2-13H,1H3,(H,20,21)(H,22,23). The molecule has 0 aliphatic heterocycles. The first kappa shape index (κ1) is 18.2. The van der Waals surface area contributed by atoms with Crippen LogP contribution in [0.2, 0.25) is 5.02 Å². The molecule has 0 fully saturated rings. The van der Waals surface area contributed by atoms with Crippen molar-refractivity contribution in [3.8, 4) is 0 Å². The normalized spacial score (nSPS) is 12.4. The van der Waals surface area contributed by atoms with Crippen molar-refractivity contribution in [3.05, 3.63) is 77.3 Å². The van der Waals surface area contributed by atoms with Crippen LogP contribution in [0.15, 0.2) is 71.6 Å². The highest BCUT2D eigenvalue weighted by Gasteiger charge is 2.15. The Bertz CT molecular complexity index is 962. The van der Waals surface area contributed by atoms with Crippen molar-refractivity contribution in [2.75, 3.05) is 10.0 Å². The number of halogens is 1. The van der Waals surface area contributed by atoms with Gasteiger partial charge in [-0.25, -0.2) is 8.42 Å². The van der Waals surface area contributed by atoms with Gasteiger partial charge in [0.25, 0.3) is 10.0 Å². The Hall–Kier alpha value is -2.64. The van der Waals surface area contributed by atoms with Gasteiger partial charge >= 0.3 is 0 Å². The quantitative estimate of drug-likeness (QED) is 0.664. The van der Waals surface area contributed by atoms with E-state index < -0.39 is 10.0 Å². The van der Waals surface area contributed by atoms with Crippen LogP contribution in [0.1, 0.15) is 18.5 Å². The molecule has 2 aromatic carbocycles. The number of hydrogen-bond donors (Lipinski definition) is 2. The predicted octanol–water partition coefficient (Wildman–Crippen LogP) is 4.10. The number of nitrogens with one attached hydrogen (secondary N) is 2. The van der Waals surface area contributed by atoms with Crippen molar-refractivity contribution in [1.82, 2.24) is 10.2 Å². The zero-order chi connectivity index (χ0) is 18.6. The van der Waals surface area contributed by atoms with Crippen molar-refractivity contribution in [2.45, 2.75) is 17.9 Å². The van der Waals surface area contributed by atoms with E-state index in [9.17, 15) is 8.42 Å². The molecule has 0 saturated heterocycles. The molecule has 0 spiro atoms. The topological polar surface area (TPSA) is 84.0 Å². The zero-order valence-corrected chi connectivity index (χ0v) is 15.5. The van der Waals surface area contributed by atoms with Crippen LogP contribution in [0.4, 0.5) is 11.6 Å². The molecule has 0 bridgehead atoms. The van der Waals surface area contributed by atoms with Crippen LogP contribution in [0.25, 0.3) is 0 Å². The third-order valence-electron chi connectivity index (χ3n) is 3.69. The van der Waals surface area contributed by atoms with E-state index in [0.717, 1.165) is 5.56 Å². The van der Waals surface area contributed by atoms with Crippen molar-refractivity contribution in [2.24, 2.45) is 0 Å². The maximum absolute atomic E-state index is 12.3. The lowest BCUT2D eigenvalue weighted by Gasteiger charge is -2.14. The predicted molar refractivity (Wildman–Crippen MR) is 103 cm³/mol. The highest BCUT2D eigenvalue weighted by Crippen LogP contribution is 2.19. The third kappa shape index (κ3) is 4.50. The van der Waals surface area contributed by atoms with Gasteiger partial charge in [-0.1, -0.05) is 41.9 Å². The fourth-order valence-electron chi connectivity index (χ4n) is 2.32. The molecular weight excluding hydrogens is 372 g/mol. The first-order chi connectivity index (χ1) is 12.4. The molecule has 0 saturated carbocycles. The van der Waals surface area contributed by atoms with Crippen LogP contribution < -0.4 is 10.0 Å². The fourth-order valence-corrected chi connectivity index (χ4v) is 3.44. The molecule has 2 N–H and O–H groups in total. The Morgan fingerprint density at radius 3 is 2.12 bits per heavy atom. The molecule has 26 heavy (non-hydrogen) atoms. The first-order valence-corrected chi connectivity index (χ1v) is 9.74. The number of benzene rings is 2. The van der Waals surface area contributed by atoms with Crippen LogP contribution in [-0.2, 0) is 10.0 Å². The second-order valence-corrected chi connectivity index (χ2v) is 7.76. The van der Waals surface area contributed by atoms with E-state index >= 15 is 0 Å². The molecule has 6 nitrogen and oxygen atoms in total. The summed E-state index contributed by atoms with van der Waals surface area (Å²) in [4.78, 5) is 0.101. The summed E-state index contributed by atoms with van der Waals surface area (Å²) in [6, 6.07) is 19.1. The number of aromatic nitrogens is 2. The lowest BCUT2D eigenvalue weighted by Crippen LogP contribution is -2.15. The molecule has 3 aromatic rings. The van der Waals surface area contributed by atoms with Gasteiger partial charge in [0.05, 0.1) is 4.90 Å². The summed E-state index contributed by atoms with van der Waals surface area (Å²) in [7, 11) is -3.74. The molecule has 0 aliphatic rings. The van der Waals surface area contributed by atoms with Gasteiger partial charge in [-0.2, -0.15) is 0 Å². The molecule has 3 rings (SSSR count). The molecule has 1 atom stereocenters. The molecule has 8 heteroatoms. The van der Waals surface area contributed by atoms with Gasteiger partial charge < -0.3 is 5.32 Å². The molecule has 1 unspecified atom stereocenters. The summed E-state index contributed by atoms with van der Waals surface area (Å²) in [6.45, 7) is 2.01. The second-order valence-electron chi connectivity index (χ2n) is 5.64. The smallest absolute Gasteiger partial charge is 0.263 e. The highest BCUT2D eigenvalue weighted by atomic mass is 35.5. The Morgan fingerprint density at radius 2 is 1.50 bits per heavy atom. The van der Waals surface area contributed by atoms with E-state index in [1.54, 1.807) is 12.1 Å². The number of anilines is 2. The van der Waals surface area contributed by atoms with Crippen LogP contribution >= 0.6 is 11.6 Å². The Kier molecular flexibility index (Phi) is 5.39. The maximum atomic E-state index is 12.3. The van der Waals surface area contributed by atoms with Crippen LogP contribution in [0.5, 0.6) is 0 Å². The average molecular weight is 389 g/mol. The molecule has 1 aromatic heterocycles. The van der Waals surface area contributed by atoms with E-state index in [0.29, 0.717) is 10.8 Å². The molecular formula is C18H17ClN4O2S. The molecule has 134 valence electrons. The minimum Gasteiger partial charge on any atom is -0.362 e. The largest absolute Gasteiger partial charge is 0.362 e. The van der Waals surface area contributed by atoms with Gasteiger partial charge in [0, 0.05) is 11.1 Å². The van der Waals surface area contributed by atoms with Crippen molar-refractivity contribution >= 4 is 33.3 Å². The van der Waals surface area contributed by atoms with E-state index in [2.05, 4.69) is 20.2 Å². The van der Waals surface area contributed by atoms with Gasteiger partial charge in [0.2, 0.25) is 0 Å². The van der Waals surface area contributed by atoms with Crippen molar-refractivity contribution in [3.63, 3.8) is 0 Å². The molecule has 1 heterocycles. The van der Waals surface area contributed by atoms with Gasteiger partial charge in [0.15, 0.2) is 5.82 Å². The van der Waals surface area contributed by atoms with Gasteiger partial charge in [-0.05, 0) is 48.9 Å².